The molecule has 2 rings (SSSR count). The minimum Gasteiger partial charge on any atom is -0.272 e. The Balaban J connectivity index is 2.39. The van der Waals surface area contributed by atoms with Crippen LogP contribution < -0.4 is 5.01 Å². The summed E-state index contributed by atoms with van der Waals surface area (Å²) in [4.78, 5) is 21.5. The highest BCUT2D eigenvalue weighted by Crippen LogP contribution is 2.24. The van der Waals surface area contributed by atoms with Crippen molar-refractivity contribution in [1.82, 2.24) is 14.6 Å². The van der Waals surface area contributed by atoms with Crippen molar-refractivity contribution in [2.45, 2.75) is 41.0 Å². The monoisotopic (exact) mass is 300 g/mol. The molecule has 0 spiro atoms. The van der Waals surface area contributed by atoms with Crippen molar-refractivity contribution in [3.63, 3.8) is 0 Å². The molecule has 0 radical (unpaired) electrons. The number of pyridine rings is 1. The van der Waals surface area contributed by atoms with E-state index in [1.165, 1.54) is 0 Å². The lowest BCUT2D eigenvalue weighted by Gasteiger charge is -2.31. The predicted octanol–water partition coefficient (Wildman–Crippen LogP) is 3.17. The Morgan fingerprint density at radius 1 is 1.36 bits per heavy atom. The number of carbonyl (C=O) groups is 1. The molecular weight excluding hydrogens is 276 g/mol. The van der Waals surface area contributed by atoms with Crippen molar-refractivity contribution >= 4 is 5.91 Å². The van der Waals surface area contributed by atoms with E-state index >= 15 is 0 Å². The second-order valence-electron chi connectivity index (χ2n) is 6.02. The molecule has 2 heterocycles. The van der Waals surface area contributed by atoms with Crippen LogP contribution in [0.4, 0.5) is 0 Å². The van der Waals surface area contributed by atoms with Crippen LogP contribution >= 0.6 is 0 Å². The molecule has 0 N–H and O–H groups in total. The lowest BCUT2D eigenvalue weighted by molar-refractivity contribution is -0.128. The van der Waals surface area contributed by atoms with Crippen molar-refractivity contribution in [3.8, 4) is 11.3 Å². The fraction of sp³-hybridized carbons (Fsp3) is 0.471. The molecule has 0 saturated heterocycles. The van der Waals surface area contributed by atoms with Crippen LogP contribution in [0, 0.1) is 12.3 Å². The van der Waals surface area contributed by atoms with E-state index < -0.39 is 0 Å². The molecule has 0 atom stereocenters. The normalized spacial score (nSPS) is 11.5. The van der Waals surface area contributed by atoms with Gasteiger partial charge in [-0.25, -0.2) is 14.7 Å². The minimum absolute atomic E-state index is 0.107. The zero-order valence-electron chi connectivity index (χ0n) is 14.0. The maximum atomic E-state index is 12.8. The van der Waals surface area contributed by atoms with E-state index in [9.17, 15) is 4.79 Å². The van der Waals surface area contributed by atoms with E-state index in [1.807, 2.05) is 57.6 Å². The van der Waals surface area contributed by atoms with Gasteiger partial charge in [0.25, 0.3) is 0 Å². The molecule has 0 saturated carbocycles. The number of aryl methyl sites for hydroxylation is 1. The summed E-state index contributed by atoms with van der Waals surface area (Å²) in [6, 6.07) is 3.85. The molecule has 5 heteroatoms. The first-order valence-corrected chi connectivity index (χ1v) is 7.69. The van der Waals surface area contributed by atoms with E-state index in [0.717, 1.165) is 23.5 Å². The lowest BCUT2D eigenvalue weighted by Crippen LogP contribution is -2.47. The number of aromatic nitrogens is 3. The highest BCUT2D eigenvalue weighted by Gasteiger charge is 2.31. The Kier molecular flexibility index (Phi) is 4.64. The summed E-state index contributed by atoms with van der Waals surface area (Å²) in [5.74, 6) is 0.900. The third-order valence-electron chi connectivity index (χ3n) is 4.07. The van der Waals surface area contributed by atoms with Gasteiger partial charge in [-0.15, -0.1) is 0 Å². The first-order chi connectivity index (χ1) is 10.4. The van der Waals surface area contributed by atoms with Crippen LogP contribution in [0.15, 0.2) is 30.7 Å². The summed E-state index contributed by atoms with van der Waals surface area (Å²) in [6.07, 6.45) is 6.21. The highest BCUT2D eigenvalue weighted by molar-refractivity contribution is 5.90. The van der Waals surface area contributed by atoms with Crippen molar-refractivity contribution < 1.29 is 4.79 Å². The molecule has 5 nitrogen and oxygen atoms in total. The number of hydrogen-bond donors (Lipinski definition) is 0. The highest BCUT2D eigenvalue weighted by atomic mass is 16.2. The molecule has 0 aliphatic heterocycles. The summed E-state index contributed by atoms with van der Waals surface area (Å²) in [7, 11) is 0. The fourth-order valence-electron chi connectivity index (χ4n) is 2.26. The quantitative estimate of drug-likeness (QED) is 0.852. The van der Waals surface area contributed by atoms with Crippen LogP contribution in [0.2, 0.25) is 0 Å². The molecule has 0 aliphatic rings. The SMILES string of the molecule is CCN(C(=O)C(C)(C)CC)n1cc(-c2cccnc2)nc1C. The van der Waals surface area contributed by atoms with E-state index in [2.05, 4.69) is 9.97 Å². The molecule has 1 amide bonds. The topological polar surface area (TPSA) is 51.0 Å². The van der Waals surface area contributed by atoms with Crippen molar-refractivity contribution in [2.24, 2.45) is 5.41 Å². The number of carbonyl (C=O) groups excluding carboxylic acids is 1. The first kappa shape index (κ1) is 16.2. The Morgan fingerprint density at radius 2 is 2.09 bits per heavy atom. The molecule has 118 valence electrons. The van der Waals surface area contributed by atoms with Gasteiger partial charge in [0.05, 0.1) is 11.9 Å². The third kappa shape index (κ3) is 3.03. The molecule has 0 fully saturated rings. The van der Waals surface area contributed by atoms with E-state index in [4.69, 9.17) is 0 Å². The molecule has 0 aliphatic carbocycles. The molecule has 2 aromatic heterocycles. The molecule has 0 aromatic carbocycles. The van der Waals surface area contributed by atoms with E-state index in [1.54, 1.807) is 17.4 Å². The lowest BCUT2D eigenvalue weighted by atomic mass is 9.89. The van der Waals surface area contributed by atoms with E-state index in [-0.39, 0.29) is 11.3 Å². The third-order valence-corrected chi connectivity index (χ3v) is 4.07. The Morgan fingerprint density at radius 3 is 2.64 bits per heavy atom. The maximum Gasteiger partial charge on any atom is 0.247 e. The standard InChI is InChI=1S/C17H24N4O/c1-6-17(4,5)16(22)20(7-2)21-12-15(19-13(21)3)14-9-8-10-18-11-14/h8-12H,6-7H2,1-5H3. The van der Waals surface area contributed by atoms with Gasteiger partial charge in [-0.05, 0) is 32.4 Å². The number of hydrogen-bond acceptors (Lipinski definition) is 3. The number of rotatable bonds is 5. The van der Waals surface area contributed by atoms with Crippen LogP contribution in [0.3, 0.4) is 0 Å². The van der Waals surface area contributed by atoms with Crippen molar-refractivity contribution in [1.29, 1.82) is 0 Å². The average molecular weight is 300 g/mol. The van der Waals surface area contributed by atoms with Crippen LogP contribution in [0.25, 0.3) is 11.3 Å². The number of nitrogens with zero attached hydrogens (tertiary/aromatic N) is 4. The zero-order valence-corrected chi connectivity index (χ0v) is 14.0. The average Bonchev–Trinajstić information content (AvgIpc) is 2.91. The van der Waals surface area contributed by atoms with Crippen LogP contribution in [-0.2, 0) is 4.79 Å². The second-order valence-corrected chi connectivity index (χ2v) is 6.02. The smallest absolute Gasteiger partial charge is 0.247 e. The first-order valence-electron chi connectivity index (χ1n) is 7.69. The summed E-state index contributed by atoms with van der Waals surface area (Å²) >= 11 is 0. The number of amides is 1. The van der Waals surface area contributed by atoms with E-state index in [0.29, 0.717) is 6.54 Å². The van der Waals surface area contributed by atoms with Gasteiger partial charge in [0, 0.05) is 29.9 Å². The van der Waals surface area contributed by atoms with Gasteiger partial charge in [-0.3, -0.25) is 9.78 Å². The summed E-state index contributed by atoms with van der Waals surface area (Å²) in [6.45, 7) is 10.5. The molecule has 22 heavy (non-hydrogen) atoms. The fourth-order valence-corrected chi connectivity index (χ4v) is 2.26. The van der Waals surface area contributed by atoms with Crippen molar-refractivity contribution in [3.05, 3.63) is 36.5 Å². The minimum atomic E-state index is -0.388. The van der Waals surface area contributed by atoms with Gasteiger partial charge in [-0.1, -0.05) is 20.8 Å². The second kappa shape index (κ2) is 6.30. The van der Waals surface area contributed by atoms with Crippen LogP contribution in [0.1, 0.15) is 39.9 Å². The van der Waals surface area contributed by atoms with Gasteiger partial charge in [-0.2, -0.15) is 0 Å². The molecule has 0 bridgehead atoms. The Hall–Kier alpha value is -2.17. The van der Waals surface area contributed by atoms with Gasteiger partial charge < -0.3 is 0 Å². The van der Waals surface area contributed by atoms with Gasteiger partial charge in [0.2, 0.25) is 5.91 Å². The van der Waals surface area contributed by atoms with Crippen LogP contribution in [0.5, 0.6) is 0 Å². The van der Waals surface area contributed by atoms with Crippen LogP contribution in [-0.4, -0.2) is 27.1 Å². The number of imidazole rings is 1. The molecular formula is C17H24N4O. The summed E-state index contributed by atoms with van der Waals surface area (Å²) in [5, 5.41) is 1.76. The van der Waals surface area contributed by atoms with Gasteiger partial charge in [0.1, 0.15) is 5.82 Å². The molecule has 2 aromatic rings. The van der Waals surface area contributed by atoms with Gasteiger partial charge in [0.15, 0.2) is 0 Å². The molecule has 0 unspecified atom stereocenters. The Bertz CT molecular complexity index is 646. The van der Waals surface area contributed by atoms with Crippen molar-refractivity contribution in [2.75, 3.05) is 11.6 Å². The maximum absolute atomic E-state index is 12.8. The largest absolute Gasteiger partial charge is 0.272 e. The Labute approximate surface area is 132 Å². The predicted molar refractivity (Wildman–Crippen MR) is 88.0 cm³/mol. The zero-order chi connectivity index (χ0) is 16.3. The summed E-state index contributed by atoms with van der Waals surface area (Å²) in [5.41, 5.74) is 1.38. The summed E-state index contributed by atoms with van der Waals surface area (Å²) < 4.78 is 1.85. The van der Waals surface area contributed by atoms with Gasteiger partial charge >= 0.3 is 0 Å².